The van der Waals surface area contributed by atoms with Crippen molar-refractivity contribution in [1.29, 1.82) is 0 Å². The summed E-state index contributed by atoms with van der Waals surface area (Å²) >= 11 is 0. The summed E-state index contributed by atoms with van der Waals surface area (Å²) < 4.78 is 32.4. The van der Waals surface area contributed by atoms with Crippen LogP contribution in [0.4, 0.5) is 4.39 Å². The molecule has 8 nitrogen and oxygen atoms in total. The lowest BCUT2D eigenvalue weighted by Gasteiger charge is -2.20. The maximum Gasteiger partial charge on any atom is 0.254 e. The van der Waals surface area contributed by atoms with Gasteiger partial charge in [-0.3, -0.25) is 4.79 Å². The molecule has 5 rings (SSSR count). The van der Waals surface area contributed by atoms with Gasteiger partial charge in [0.25, 0.3) is 5.91 Å². The molecule has 4 aromatic rings. The summed E-state index contributed by atoms with van der Waals surface area (Å²) in [6, 6.07) is 12.1. The molecule has 0 saturated heterocycles. The van der Waals surface area contributed by atoms with Crippen molar-refractivity contribution in [3.05, 3.63) is 65.6 Å². The van der Waals surface area contributed by atoms with Crippen molar-refractivity contribution < 1.29 is 23.4 Å². The van der Waals surface area contributed by atoms with Crippen LogP contribution in [0.5, 0.6) is 17.2 Å². The van der Waals surface area contributed by atoms with Crippen molar-refractivity contribution in [3.8, 4) is 28.5 Å². The predicted molar refractivity (Wildman–Crippen MR) is 133 cm³/mol. The average molecular weight is 491 g/mol. The second-order valence-corrected chi connectivity index (χ2v) is 8.96. The minimum absolute atomic E-state index is 0.0495. The van der Waals surface area contributed by atoms with Gasteiger partial charge >= 0.3 is 0 Å². The molecular weight excluding hydrogens is 463 g/mol. The van der Waals surface area contributed by atoms with Gasteiger partial charge in [0.2, 0.25) is 0 Å². The monoisotopic (exact) mass is 490 g/mol. The van der Waals surface area contributed by atoms with Crippen molar-refractivity contribution in [1.82, 2.24) is 19.7 Å². The molecule has 1 aliphatic rings. The van der Waals surface area contributed by atoms with Gasteiger partial charge in [-0.1, -0.05) is 6.07 Å². The van der Waals surface area contributed by atoms with Gasteiger partial charge in [-0.2, -0.15) is 5.10 Å². The molecule has 0 bridgehead atoms. The molecule has 0 fully saturated rings. The number of methoxy groups -OCH3 is 1. The molecule has 0 unspecified atom stereocenters. The van der Waals surface area contributed by atoms with Crippen LogP contribution in [0.1, 0.15) is 35.8 Å². The van der Waals surface area contributed by atoms with Crippen LogP contribution in [0.2, 0.25) is 0 Å². The number of pyridine rings is 1. The molecule has 0 aliphatic carbocycles. The molecule has 0 saturated carbocycles. The summed E-state index contributed by atoms with van der Waals surface area (Å²) in [7, 11) is 3.10. The Morgan fingerprint density at radius 3 is 2.64 bits per heavy atom. The second kappa shape index (κ2) is 9.49. The Balaban J connectivity index is 1.55. The normalized spacial score (nSPS) is 12.7. The second-order valence-electron chi connectivity index (χ2n) is 8.96. The van der Waals surface area contributed by atoms with Crippen molar-refractivity contribution in [3.63, 3.8) is 0 Å². The predicted octanol–water partition coefficient (Wildman–Crippen LogP) is 4.87. The van der Waals surface area contributed by atoms with Crippen LogP contribution in [-0.2, 0) is 6.54 Å². The minimum atomic E-state index is -0.471. The highest BCUT2D eigenvalue weighted by Gasteiger charge is 2.22. The Labute approximate surface area is 208 Å². The number of hydrogen-bond acceptors (Lipinski definition) is 6. The smallest absolute Gasteiger partial charge is 0.254 e. The molecule has 3 heterocycles. The first-order valence-electron chi connectivity index (χ1n) is 11.7. The first kappa shape index (κ1) is 23.6. The maximum absolute atomic E-state index is 14.2. The van der Waals surface area contributed by atoms with Gasteiger partial charge in [-0.05, 0) is 55.8 Å². The van der Waals surface area contributed by atoms with Crippen LogP contribution in [0.25, 0.3) is 22.3 Å². The van der Waals surface area contributed by atoms with Crippen LogP contribution >= 0.6 is 0 Å². The van der Waals surface area contributed by atoms with E-state index >= 15 is 0 Å². The van der Waals surface area contributed by atoms with Crippen molar-refractivity contribution in [2.24, 2.45) is 0 Å². The summed E-state index contributed by atoms with van der Waals surface area (Å²) in [5.41, 5.74) is 3.15. The first-order chi connectivity index (χ1) is 17.4. The molecule has 1 aliphatic heterocycles. The fourth-order valence-electron chi connectivity index (χ4n) is 4.28. The van der Waals surface area contributed by atoms with Gasteiger partial charge in [0.1, 0.15) is 13.2 Å². The minimum Gasteiger partial charge on any atom is -0.494 e. The van der Waals surface area contributed by atoms with E-state index < -0.39 is 5.82 Å². The number of amides is 1. The summed E-state index contributed by atoms with van der Waals surface area (Å²) in [5.74, 6) is 0.793. The number of carbonyl (C=O) groups is 1. The lowest BCUT2D eigenvalue weighted by Crippen LogP contribution is -2.26. The van der Waals surface area contributed by atoms with Crippen molar-refractivity contribution in [2.75, 3.05) is 27.4 Å². The molecule has 2 aromatic heterocycles. The van der Waals surface area contributed by atoms with E-state index in [1.165, 1.54) is 13.2 Å². The molecule has 0 spiro atoms. The highest BCUT2D eigenvalue weighted by atomic mass is 19.1. The van der Waals surface area contributed by atoms with Gasteiger partial charge in [-0.25, -0.2) is 14.1 Å². The van der Waals surface area contributed by atoms with Gasteiger partial charge in [0.05, 0.1) is 30.0 Å². The molecule has 186 valence electrons. The third-order valence-corrected chi connectivity index (χ3v) is 6.11. The summed E-state index contributed by atoms with van der Waals surface area (Å²) in [5, 5.41) is 5.15. The number of hydrogen-bond donors (Lipinski definition) is 0. The topological polar surface area (TPSA) is 78.7 Å². The molecule has 0 N–H and O–H groups in total. The molecule has 9 heteroatoms. The molecule has 2 aromatic carbocycles. The van der Waals surface area contributed by atoms with Crippen molar-refractivity contribution in [2.45, 2.75) is 26.4 Å². The lowest BCUT2D eigenvalue weighted by atomic mass is 10.0. The van der Waals surface area contributed by atoms with E-state index in [1.807, 2.05) is 32.0 Å². The molecule has 1 amide bonds. The summed E-state index contributed by atoms with van der Waals surface area (Å²) in [6.07, 6.45) is 1.67. The number of aromatic nitrogens is 3. The molecule has 0 atom stereocenters. The Morgan fingerprint density at radius 2 is 1.92 bits per heavy atom. The highest BCUT2D eigenvalue weighted by molar-refractivity contribution is 6.06. The van der Waals surface area contributed by atoms with E-state index in [-0.39, 0.29) is 24.2 Å². The third-order valence-electron chi connectivity index (χ3n) is 6.11. The van der Waals surface area contributed by atoms with Gasteiger partial charge in [0.15, 0.2) is 28.7 Å². The van der Waals surface area contributed by atoms with Crippen molar-refractivity contribution >= 4 is 16.9 Å². The number of carbonyl (C=O) groups excluding carboxylic acids is 1. The fourth-order valence-corrected chi connectivity index (χ4v) is 4.28. The first-order valence-corrected chi connectivity index (χ1v) is 11.7. The highest BCUT2D eigenvalue weighted by Crippen LogP contribution is 2.35. The van der Waals surface area contributed by atoms with Crippen LogP contribution in [0, 0.1) is 5.82 Å². The molecule has 36 heavy (non-hydrogen) atoms. The van der Waals surface area contributed by atoms with E-state index in [9.17, 15) is 9.18 Å². The van der Waals surface area contributed by atoms with Gasteiger partial charge < -0.3 is 19.1 Å². The number of benzene rings is 2. The number of nitrogens with zero attached hydrogens (tertiary/aromatic N) is 4. The Morgan fingerprint density at radius 1 is 1.14 bits per heavy atom. The van der Waals surface area contributed by atoms with E-state index in [2.05, 4.69) is 5.10 Å². The molecule has 0 radical (unpaired) electrons. The van der Waals surface area contributed by atoms with Crippen LogP contribution in [-0.4, -0.2) is 52.9 Å². The fraction of sp³-hybridized carbons (Fsp3) is 0.296. The van der Waals surface area contributed by atoms with E-state index in [0.29, 0.717) is 52.6 Å². The summed E-state index contributed by atoms with van der Waals surface area (Å²) in [6.45, 7) is 5.23. The van der Waals surface area contributed by atoms with Crippen LogP contribution < -0.4 is 14.2 Å². The number of rotatable bonds is 6. The zero-order valence-electron chi connectivity index (χ0n) is 20.6. The van der Waals surface area contributed by atoms with Crippen LogP contribution in [0.3, 0.4) is 0 Å². The Kier molecular flexibility index (Phi) is 6.22. The van der Waals surface area contributed by atoms with Gasteiger partial charge in [0, 0.05) is 25.2 Å². The Bertz CT molecular complexity index is 1450. The standard InChI is InChI=1S/C27H27FN4O4/c1-16(2)32-26-20(14-29-32)19(27(33)31(3)15-17-5-7-23(34-4)21(28)11-17)13-22(30-26)18-6-8-24-25(12-18)36-10-9-35-24/h5-8,11-14,16H,9-10,15H2,1-4H3. The zero-order valence-corrected chi connectivity index (χ0v) is 20.6. The number of halogens is 1. The quantitative estimate of drug-likeness (QED) is 0.384. The number of ether oxygens (including phenoxy) is 3. The summed E-state index contributed by atoms with van der Waals surface area (Å²) in [4.78, 5) is 20.1. The lowest BCUT2D eigenvalue weighted by molar-refractivity contribution is 0.0787. The third kappa shape index (κ3) is 4.32. The average Bonchev–Trinajstić information content (AvgIpc) is 3.32. The SMILES string of the molecule is COc1ccc(CN(C)C(=O)c2cc(-c3ccc4c(c3)OCCO4)nc3c2cnn3C(C)C)cc1F. The van der Waals surface area contributed by atoms with Crippen LogP contribution in [0.15, 0.2) is 48.7 Å². The molecular formula is C27H27FN4O4. The van der Waals surface area contributed by atoms with Gasteiger partial charge in [-0.15, -0.1) is 0 Å². The maximum atomic E-state index is 14.2. The number of fused-ring (bicyclic) bond motifs is 2. The zero-order chi connectivity index (χ0) is 25.4. The Hall–Kier alpha value is -4.14. The van der Waals surface area contributed by atoms with E-state index in [4.69, 9.17) is 19.2 Å². The van der Waals surface area contributed by atoms with E-state index in [1.54, 1.807) is 41.0 Å². The van der Waals surface area contributed by atoms with E-state index in [0.717, 1.165) is 5.56 Å². The largest absolute Gasteiger partial charge is 0.494 e.